The summed E-state index contributed by atoms with van der Waals surface area (Å²) in [4.78, 5) is 44.0. The highest BCUT2D eigenvalue weighted by Gasteiger charge is 2.26. The molecule has 2 atom stereocenters. The van der Waals surface area contributed by atoms with E-state index in [1.165, 1.54) is 0 Å². The van der Waals surface area contributed by atoms with Gasteiger partial charge in [-0.25, -0.2) is 0 Å². The van der Waals surface area contributed by atoms with Crippen LogP contribution in [0.3, 0.4) is 0 Å². The van der Waals surface area contributed by atoms with Gasteiger partial charge in [0.15, 0.2) is 0 Å². The van der Waals surface area contributed by atoms with E-state index in [-0.39, 0.29) is 6.42 Å². The lowest BCUT2D eigenvalue weighted by molar-refractivity contribution is -0.139. The highest BCUT2D eigenvalue weighted by atomic mass is 32.2. The Morgan fingerprint density at radius 1 is 1.13 bits per heavy atom. The number of hydrogen-bond acceptors (Lipinski definition) is 7. The molecule has 0 aromatic rings. The first-order chi connectivity index (χ1) is 10.4. The van der Waals surface area contributed by atoms with Crippen molar-refractivity contribution >= 4 is 33.9 Å². The fourth-order valence-corrected chi connectivity index (χ4v) is 2.01. The van der Waals surface area contributed by atoms with Crippen molar-refractivity contribution in [3.05, 3.63) is 0 Å². The zero-order chi connectivity index (χ0) is 18.2. The lowest BCUT2D eigenvalue weighted by Crippen LogP contribution is -2.51. The smallest absolute Gasteiger partial charge is 0.322 e. The summed E-state index contributed by atoms with van der Waals surface area (Å²) in [6, 6.07) is -3.06. The van der Waals surface area contributed by atoms with E-state index in [9.17, 15) is 27.6 Å². The van der Waals surface area contributed by atoms with Crippen LogP contribution in [0.5, 0.6) is 0 Å². The molecule has 132 valence electrons. The molecule has 0 aliphatic heterocycles. The zero-order valence-electron chi connectivity index (χ0n) is 11.8. The third-order valence-corrected chi connectivity index (χ3v) is 3.20. The maximum Gasteiger partial charge on any atom is 0.322 e. The van der Waals surface area contributed by atoms with E-state index in [4.69, 9.17) is 20.5 Å². The molecule has 0 fully saturated rings. The van der Waals surface area contributed by atoms with E-state index in [2.05, 4.69) is 0 Å². The minimum Gasteiger partial charge on any atom is -0.480 e. The van der Waals surface area contributed by atoms with Crippen LogP contribution in [0, 0.1) is 0 Å². The fourth-order valence-electron chi connectivity index (χ4n) is 1.36. The van der Waals surface area contributed by atoms with Crippen molar-refractivity contribution in [1.29, 1.82) is 0 Å². The predicted octanol–water partition coefficient (Wildman–Crippen LogP) is -3.25. The molecule has 0 aromatic carbocycles. The van der Waals surface area contributed by atoms with Crippen LogP contribution >= 0.6 is 0 Å². The first-order valence-corrected chi connectivity index (χ1v) is 7.75. The molecule has 0 saturated heterocycles. The lowest BCUT2D eigenvalue weighted by Gasteiger charge is -2.17. The predicted molar refractivity (Wildman–Crippen MR) is 73.8 cm³/mol. The maximum atomic E-state index is 11.6. The van der Waals surface area contributed by atoms with Gasteiger partial charge in [-0.2, -0.15) is 8.42 Å². The molecule has 0 rings (SSSR count). The number of nitrogens with two attached hydrogens (primary N) is 1. The van der Waals surface area contributed by atoms with E-state index in [0.29, 0.717) is 0 Å². The van der Waals surface area contributed by atoms with Crippen LogP contribution in [0.2, 0.25) is 0 Å². The Bertz CT molecular complexity index is 574. The minimum absolute atomic E-state index is 0.267. The summed E-state index contributed by atoms with van der Waals surface area (Å²) in [5.74, 6) is -5.94. The van der Waals surface area contributed by atoms with Crippen LogP contribution in [0.25, 0.3) is 0 Å². The number of amides is 2. The van der Waals surface area contributed by atoms with Crippen LogP contribution in [0.15, 0.2) is 0 Å². The molecule has 0 heterocycles. The Balaban J connectivity index is 4.74. The van der Waals surface area contributed by atoms with Gasteiger partial charge in [0, 0.05) is 6.42 Å². The Morgan fingerprint density at radius 3 is 2.13 bits per heavy atom. The van der Waals surface area contributed by atoms with E-state index >= 15 is 0 Å². The lowest BCUT2D eigenvalue weighted by atomic mass is 10.1. The Morgan fingerprint density at radius 2 is 1.70 bits per heavy atom. The molecule has 13 heteroatoms. The summed E-state index contributed by atoms with van der Waals surface area (Å²) in [5, 5.41) is 20.8. The van der Waals surface area contributed by atoms with Crippen LogP contribution in [-0.2, 0) is 29.3 Å². The number of carbonyl (C=O) groups excluding carboxylic acids is 2. The van der Waals surface area contributed by atoms with Gasteiger partial charge in [0.25, 0.3) is 10.1 Å². The van der Waals surface area contributed by atoms with Gasteiger partial charge in [-0.1, -0.05) is 0 Å². The standard InChI is InChI=1S/C10H17N3O9S/c11-5(10(18)19)1-2-7(14)13-6(4-23(20,21)22)9(17)12-3-8(15)16/h5-6H,1-4,11H2,(H,12,17)(H,13,14)(H,15,16)(H,18,19)(H,20,21,22). The number of nitrogens with one attached hydrogen (secondary N) is 2. The van der Waals surface area contributed by atoms with E-state index < -0.39 is 64.7 Å². The van der Waals surface area contributed by atoms with E-state index in [1.807, 2.05) is 10.6 Å². The molecular weight excluding hydrogens is 338 g/mol. The van der Waals surface area contributed by atoms with Crippen molar-refractivity contribution in [3.8, 4) is 0 Å². The van der Waals surface area contributed by atoms with Crippen molar-refractivity contribution < 1.29 is 42.4 Å². The summed E-state index contributed by atoms with van der Waals surface area (Å²) in [6.45, 7) is -0.819. The number of rotatable bonds is 10. The number of carbonyl (C=O) groups is 4. The van der Waals surface area contributed by atoms with Gasteiger partial charge >= 0.3 is 11.9 Å². The average molecular weight is 355 g/mol. The molecule has 7 N–H and O–H groups in total. The van der Waals surface area contributed by atoms with Gasteiger partial charge in [-0.3, -0.25) is 23.7 Å². The van der Waals surface area contributed by atoms with Crippen molar-refractivity contribution in [2.75, 3.05) is 12.3 Å². The SMILES string of the molecule is NC(CCC(=O)NC(CS(=O)(=O)O)C(=O)NCC(=O)O)C(=O)O. The molecule has 0 aliphatic carbocycles. The summed E-state index contributed by atoms with van der Waals surface area (Å²) < 4.78 is 30.4. The molecule has 23 heavy (non-hydrogen) atoms. The normalized spacial score (nSPS) is 13.7. The largest absolute Gasteiger partial charge is 0.480 e. The molecule has 2 amide bonds. The molecule has 0 aromatic heterocycles. The number of carboxylic acids is 2. The third kappa shape index (κ3) is 10.2. The summed E-state index contributed by atoms with van der Waals surface area (Å²) in [5.41, 5.74) is 5.18. The molecule has 0 aliphatic rings. The highest BCUT2D eigenvalue weighted by Crippen LogP contribution is 1.98. The second-order valence-electron chi connectivity index (χ2n) is 4.46. The van der Waals surface area contributed by atoms with E-state index in [1.54, 1.807) is 0 Å². The molecule has 0 spiro atoms. The summed E-state index contributed by atoms with van der Waals surface area (Å²) >= 11 is 0. The molecule has 0 bridgehead atoms. The molecule has 2 unspecified atom stereocenters. The third-order valence-electron chi connectivity index (χ3n) is 2.44. The van der Waals surface area contributed by atoms with E-state index in [0.717, 1.165) is 0 Å². The topological polar surface area (TPSA) is 213 Å². The van der Waals surface area contributed by atoms with Crippen molar-refractivity contribution in [3.63, 3.8) is 0 Å². The first kappa shape index (κ1) is 20.8. The Labute approximate surface area is 130 Å². The highest BCUT2D eigenvalue weighted by molar-refractivity contribution is 7.85. The first-order valence-electron chi connectivity index (χ1n) is 6.14. The zero-order valence-corrected chi connectivity index (χ0v) is 12.6. The quantitative estimate of drug-likeness (QED) is 0.215. The van der Waals surface area contributed by atoms with Crippen LogP contribution in [0.4, 0.5) is 0 Å². The van der Waals surface area contributed by atoms with Crippen molar-refractivity contribution in [1.82, 2.24) is 10.6 Å². The van der Waals surface area contributed by atoms with Gasteiger partial charge in [-0.05, 0) is 6.42 Å². The second-order valence-corrected chi connectivity index (χ2v) is 5.96. The van der Waals surface area contributed by atoms with Gasteiger partial charge in [-0.15, -0.1) is 0 Å². The summed E-state index contributed by atoms with van der Waals surface area (Å²) in [7, 11) is -4.64. The molecule has 0 saturated carbocycles. The average Bonchev–Trinajstić information content (AvgIpc) is 2.39. The van der Waals surface area contributed by atoms with Gasteiger partial charge in [0.05, 0.1) is 0 Å². The number of hydrogen-bond donors (Lipinski definition) is 6. The van der Waals surface area contributed by atoms with Crippen molar-refractivity contribution in [2.45, 2.75) is 24.9 Å². The van der Waals surface area contributed by atoms with Crippen LogP contribution < -0.4 is 16.4 Å². The maximum absolute atomic E-state index is 11.6. The van der Waals surface area contributed by atoms with Crippen LogP contribution in [0.1, 0.15) is 12.8 Å². The van der Waals surface area contributed by atoms with Gasteiger partial charge < -0.3 is 26.6 Å². The molecular formula is C10H17N3O9S. The molecule has 0 radical (unpaired) electrons. The fraction of sp³-hybridized carbons (Fsp3) is 0.600. The Hall–Kier alpha value is -2.25. The van der Waals surface area contributed by atoms with Gasteiger partial charge in [0.2, 0.25) is 11.8 Å². The van der Waals surface area contributed by atoms with Gasteiger partial charge in [0.1, 0.15) is 24.4 Å². The Kier molecular flexibility index (Phi) is 8.13. The van der Waals surface area contributed by atoms with Crippen LogP contribution in [-0.4, -0.2) is 71.3 Å². The molecule has 12 nitrogen and oxygen atoms in total. The minimum atomic E-state index is -4.64. The van der Waals surface area contributed by atoms with Crippen molar-refractivity contribution in [2.24, 2.45) is 5.73 Å². The monoisotopic (exact) mass is 355 g/mol. The second kappa shape index (κ2) is 9.02. The number of carboxylic acid groups (broad SMARTS) is 2. The number of aliphatic carboxylic acids is 2. The summed E-state index contributed by atoms with van der Waals surface area (Å²) in [6.07, 6.45) is -0.682.